The Hall–Kier alpha value is -1.84. The number of hydrogen-bond acceptors (Lipinski definition) is 2. The van der Waals surface area contributed by atoms with Crippen molar-refractivity contribution < 1.29 is 4.79 Å². The van der Waals surface area contributed by atoms with Gasteiger partial charge in [-0.1, -0.05) is 76.8 Å². The fourth-order valence-electron chi connectivity index (χ4n) is 3.92. The smallest absolute Gasteiger partial charge is 0.252 e. The SMILES string of the molecule is CCCCCCCCCCCCc1ccc(C(=O)NC2(C(=N)N)CCC2)cc1. The van der Waals surface area contributed by atoms with Crippen molar-refractivity contribution in [2.75, 3.05) is 0 Å². The Balaban J connectivity index is 1.61. The standard InChI is InChI=1S/C24H39N3O/c1-2-3-4-5-6-7-8-9-10-11-13-20-14-16-21(17-15-20)22(28)27-24(23(25)26)18-12-19-24/h14-17H,2-13,18-19H2,1H3,(H3,25,26)(H,27,28). The monoisotopic (exact) mass is 385 g/mol. The van der Waals surface area contributed by atoms with Gasteiger partial charge in [0.15, 0.2) is 0 Å². The first-order valence-electron chi connectivity index (χ1n) is 11.3. The second kappa shape index (κ2) is 11.9. The number of carbonyl (C=O) groups excluding carboxylic acids is 1. The number of carbonyl (C=O) groups is 1. The van der Waals surface area contributed by atoms with E-state index in [1.807, 2.05) is 12.1 Å². The molecule has 0 radical (unpaired) electrons. The van der Waals surface area contributed by atoms with E-state index in [1.165, 1.54) is 69.8 Å². The third-order valence-corrected chi connectivity index (χ3v) is 6.11. The molecule has 1 amide bonds. The normalized spacial score (nSPS) is 15.0. The Morgan fingerprint density at radius 3 is 1.96 bits per heavy atom. The molecule has 1 aromatic rings. The highest BCUT2D eigenvalue weighted by atomic mass is 16.1. The van der Waals surface area contributed by atoms with E-state index in [0.29, 0.717) is 5.56 Å². The van der Waals surface area contributed by atoms with Gasteiger partial charge in [-0.05, 0) is 49.8 Å². The van der Waals surface area contributed by atoms with Gasteiger partial charge >= 0.3 is 0 Å². The van der Waals surface area contributed by atoms with E-state index < -0.39 is 5.54 Å². The average molecular weight is 386 g/mol. The van der Waals surface area contributed by atoms with Gasteiger partial charge in [-0.25, -0.2) is 0 Å². The number of unbranched alkanes of at least 4 members (excludes halogenated alkanes) is 9. The van der Waals surface area contributed by atoms with Crippen molar-refractivity contribution in [3.05, 3.63) is 35.4 Å². The van der Waals surface area contributed by atoms with Gasteiger partial charge in [-0.2, -0.15) is 0 Å². The highest BCUT2D eigenvalue weighted by molar-refractivity contribution is 6.00. The molecule has 4 N–H and O–H groups in total. The van der Waals surface area contributed by atoms with Crippen molar-refractivity contribution in [2.45, 2.75) is 102 Å². The summed E-state index contributed by atoms with van der Waals surface area (Å²) in [7, 11) is 0. The molecule has 4 heteroatoms. The summed E-state index contributed by atoms with van der Waals surface area (Å²) in [5, 5.41) is 10.7. The molecule has 4 nitrogen and oxygen atoms in total. The van der Waals surface area contributed by atoms with Crippen molar-refractivity contribution >= 4 is 11.7 Å². The first-order valence-corrected chi connectivity index (χ1v) is 11.3. The van der Waals surface area contributed by atoms with E-state index in [0.717, 1.165) is 25.7 Å². The Labute approximate surface area is 171 Å². The number of rotatable bonds is 14. The van der Waals surface area contributed by atoms with Crippen LogP contribution in [0.25, 0.3) is 0 Å². The minimum atomic E-state index is -0.605. The minimum absolute atomic E-state index is 0.0738. The van der Waals surface area contributed by atoms with Gasteiger partial charge in [0.1, 0.15) is 5.84 Å². The van der Waals surface area contributed by atoms with E-state index >= 15 is 0 Å². The summed E-state index contributed by atoms with van der Waals surface area (Å²) in [6.07, 6.45) is 17.1. The summed E-state index contributed by atoms with van der Waals surface area (Å²) in [6, 6.07) is 7.91. The summed E-state index contributed by atoms with van der Waals surface area (Å²) in [6.45, 7) is 2.27. The molecule has 0 saturated heterocycles. The fourth-order valence-corrected chi connectivity index (χ4v) is 3.92. The molecule has 0 atom stereocenters. The number of nitrogens with one attached hydrogen (secondary N) is 2. The molecule has 1 aliphatic carbocycles. The molecule has 28 heavy (non-hydrogen) atoms. The molecule has 0 spiro atoms. The predicted molar refractivity (Wildman–Crippen MR) is 118 cm³/mol. The van der Waals surface area contributed by atoms with E-state index in [2.05, 4.69) is 24.4 Å². The van der Waals surface area contributed by atoms with Crippen LogP contribution in [0, 0.1) is 5.41 Å². The van der Waals surface area contributed by atoms with E-state index in [1.54, 1.807) is 0 Å². The number of hydrogen-bond donors (Lipinski definition) is 3. The van der Waals surface area contributed by atoms with Crippen LogP contribution in [0.5, 0.6) is 0 Å². The molecule has 1 aliphatic rings. The zero-order chi connectivity index (χ0) is 20.2. The number of benzene rings is 1. The lowest BCUT2D eigenvalue weighted by atomic mass is 9.75. The predicted octanol–water partition coefficient (Wildman–Crippen LogP) is 5.74. The maximum Gasteiger partial charge on any atom is 0.252 e. The second-order valence-electron chi connectivity index (χ2n) is 8.43. The maximum atomic E-state index is 12.4. The molecule has 1 aromatic carbocycles. The molecule has 1 fully saturated rings. The lowest BCUT2D eigenvalue weighted by Gasteiger charge is -2.41. The molecular weight excluding hydrogens is 346 g/mol. The molecule has 0 heterocycles. The first kappa shape index (κ1) is 22.4. The van der Waals surface area contributed by atoms with E-state index in [4.69, 9.17) is 11.1 Å². The van der Waals surface area contributed by atoms with Crippen LogP contribution in [0.15, 0.2) is 24.3 Å². The van der Waals surface area contributed by atoms with Crippen LogP contribution in [0.1, 0.15) is 106 Å². The van der Waals surface area contributed by atoms with Crippen LogP contribution >= 0.6 is 0 Å². The molecule has 0 unspecified atom stereocenters. The first-order chi connectivity index (χ1) is 13.6. The van der Waals surface area contributed by atoms with E-state index in [9.17, 15) is 4.79 Å². The van der Waals surface area contributed by atoms with Crippen molar-refractivity contribution in [3.8, 4) is 0 Å². The van der Waals surface area contributed by atoms with Crippen molar-refractivity contribution in [1.82, 2.24) is 5.32 Å². The van der Waals surface area contributed by atoms with Crippen LogP contribution in [-0.2, 0) is 6.42 Å². The van der Waals surface area contributed by atoms with Gasteiger partial charge in [0.05, 0.1) is 5.54 Å². The average Bonchev–Trinajstić information content (AvgIpc) is 2.66. The highest BCUT2D eigenvalue weighted by Gasteiger charge is 2.41. The third kappa shape index (κ3) is 6.96. The van der Waals surface area contributed by atoms with Gasteiger partial charge < -0.3 is 11.1 Å². The molecular formula is C24H39N3O. The fraction of sp³-hybridized carbons (Fsp3) is 0.667. The Kier molecular flexibility index (Phi) is 9.52. The van der Waals surface area contributed by atoms with Crippen LogP contribution in [0.4, 0.5) is 0 Å². The third-order valence-electron chi connectivity index (χ3n) is 6.11. The van der Waals surface area contributed by atoms with Crippen LogP contribution in [0.2, 0.25) is 0 Å². The maximum absolute atomic E-state index is 12.4. The molecule has 0 bridgehead atoms. The zero-order valence-corrected chi connectivity index (χ0v) is 17.7. The minimum Gasteiger partial charge on any atom is -0.386 e. The second-order valence-corrected chi connectivity index (χ2v) is 8.43. The van der Waals surface area contributed by atoms with Crippen molar-refractivity contribution in [1.29, 1.82) is 5.41 Å². The van der Waals surface area contributed by atoms with Crippen LogP contribution in [-0.4, -0.2) is 17.3 Å². The van der Waals surface area contributed by atoms with Gasteiger partial charge in [0, 0.05) is 5.56 Å². The molecule has 2 rings (SSSR count). The molecule has 0 aromatic heterocycles. The Morgan fingerprint density at radius 1 is 0.964 bits per heavy atom. The van der Waals surface area contributed by atoms with Crippen LogP contribution < -0.4 is 11.1 Å². The molecule has 156 valence electrons. The van der Waals surface area contributed by atoms with Gasteiger partial charge in [0.2, 0.25) is 0 Å². The number of amides is 1. The lowest BCUT2D eigenvalue weighted by Crippen LogP contribution is -2.61. The van der Waals surface area contributed by atoms with E-state index in [-0.39, 0.29) is 11.7 Å². The number of amidine groups is 1. The Morgan fingerprint density at radius 2 is 1.50 bits per heavy atom. The Bertz CT molecular complexity index is 605. The lowest BCUT2D eigenvalue weighted by molar-refractivity contribution is 0.0887. The summed E-state index contributed by atoms with van der Waals surface area (Å²) in [5.41, 5.74) is 7.02. The van der Waals surface area contributed by atoms with Gasteiger partial charge in [0.25, 0.3) is 5.91 Å². The summed E-state index contributed by atoms with van der Waals surface area (Å²) in [4.78, 5) is 12.4. The quantitative estimate of drug-likeness (QED) is 0.217. The topological polar surface area (TPSA) is 79.0 Å². The molecule has 0 aliphatic heterocycles. The van der Waals surface area contributed by atoms with Crippen molar-refractivity contribution in [3.63, 3.8) is 0 Å². The van der Waals surface area contributed by atoms with Gasteiger partial charge in [-0.3, -0.25) is 10.2 Å². The molecule has 1 saturated carbocycles. The summed E-state index contributed by atoms with van der Waals surface area (Å²) >= 11 is 0. The van der Waals surface area contributed by atoms with Crippen LogP contribution in [0.3, 0.4) is 0 Å². The number of nitrogens with two attached hydrogens (primary N) is 1. The largest absolute Gasteiger partial charge is 0.386 e. The summed E-state index contributed by atoms with van der Waals surface area (Å²) in [5.74, 6) is -0.0509. The van der Waals surface area contributed by atoms with Gasteiger partial charge in [-0.15, -0.1) is 0 Å². The zero-order valence-electron chi connectivity index (χ0n) is 17.7. The summed E-state index contributed by atoms with van der Waals surface area (Å²) < 4.78 is 0. The van der Waals surface area contributed by atoms with Crippen molar-refractivity contribution in [2.24, 2.45) is 5.73 Å². The number of aryl methyl sites for hydroxylation is 1. The highest BCUT2D eigenvalue weighted by Crippen LogP contribution is 2.31.